The Morgan fingerprint density at radius 1 is 0.933 bits per heavy atom. The normalized spacial score (nSPS) is 15.2. The monoisotopic (exact) mass is 444 g/mol. The van der Waals surface area contributed by atoms with Gasteiger partial charge in [-0.3, -0.25) is 0 Å². The molecule has 0 unspecified atom stereocenters. The SMILES string of the molecule is COc1ccc(-c2cc(N3CCN(S(=O)(=O)c4ccc(Cl)cc4)CC3)ncn2)cc1. The zero-order valence-corrected chi connectivity index (χ0v) is 18.0. The maximum absolute atomic E-state index is 12.9. The first-order chi connectivity index (χ1) is 14.5. The van der Waals surface area contributed by atoms with Crippen LogP contribution in [0.5, 0.6) is 5.75 Å². The fourth-order valence-corrected chi connectivity index (χ4v) is 4.90. The summed E-state index contributed by atoms with van der Waals surface area (Å²) in [5.74, 6) is 1.56. The van der Waals surface area contributed by atoms with Gasteiger partial charge in [0.25, 0.3) is 0 Å². The number of hydrogen-bond donors (Lipinski definition) is 0. The molecule has 0 N–H and O–H groups in total. The number of halogens is 1. The van der Waals surface area contributed by atoms with Crippen LogP contribution in [0.1, 0.15) is 0 Å². The third kappa shape index (κ3) is 4.26. The molecule has 2 aromatic carbocycles. The lowest BCUT2D eigenvalue weighted by atomic mass is 10.1. The molecule has 0 radical (unpaired) electrons. The highest BCUT2D eigenvalue weighted by Gasteiger charge is 2.29. The van der Waals surface area contributed by atoms with E-state index >= 15 is 0 Å². The number of ether oxygens (including phenoxy) is 1. The number of sulfonamides is 1. The van der Waals surface area contributed by atoms with Gasteiger partial charge in [-0.05, 0) is 48.5 Å². The molecule has 0 bridgehead atoms. The third-order valence-corrected chi connectivity index (χ3v) is 7.22. The van der Waals surface area contributed by atoms with Crippen LogP contribution in [0.25, 0.3) is 11.3 Å². The van der Waals surface area contributed by atoms with Crippen LogP contribution < -0.4 is 9.64 Å². The second kappa shape index (κ2) is 8.59. The van der Waals surface area contributed by atoms with Gasteiger partial charge in [-0.2, -0.15) is 4.31 Å². The Kier molecular flexibility index (Phi) is 5.90. The fraction of sp³-hybridized carbons (Fsp3) is 0.238. The average Bonchev–Trinajstić information content (AvgIpc) is 2.79. The quantitative estimate of drug-likeness (QED) is 0.601. The van der Waals surface area contributed by atoms with E-state index in [-0.39, 0.29) is 4.90 Å². The number of aromatic nitrogens is 2. The molecule has 0 spiro atoms. The largest absolute Gasteiger partial charge is 0.497 e. The summed E-state index contributed by atoms with van der Waals surface area (Å²) in [4.78, 5) is 11.1. The lowest BCUT2D eigenvalue weighted by Crippen LogP contribution is -2.48. The topological polar surface area (TPSA) is 75.6 Å². The van der Waals surface area contributed by atoms with E-state index in [9.17, 15) is 8.42 Å². The highest BCUT2D eigenvalue weighted by Crippen LogP contribution is 2.25. The van der Waals surface area contributed by atoms with Gasteiger partial charge < -0.3 is 9.64 Å². The number of anilines is 1. The molecule has 4 rings (SSSR count). The van der Waals surface area contributed by atoms with E-state index in [1.165, 1.54) is 22.8 Å². The highest BCUT2D eigenvalue weighted by molar-refractivity contribution is 7.89. The molecule has 3 aromatic rings. The van der Waals surface area contributed by atoms with Crippen molar-refractivity contribution in [3.8, 4) is 17.0 Å². The number of rotatable bonds is 5. The Morgan fingerprint density at radius 2 is 1.60 bits per heavy atom. The van der Waals surface area contributed by atoms with Crippen molar-refractivity contribution in [2.75, 3.05) is 38.2 Å². The van der Waals surface area contributed by atoms with Crippen molar-refractivity contribution < 1.29 is 13.2 Å². The van der Waals surface area contributed by atoms with Crippen molar-refractivity contribution >= 4 is 27.4 Å². The van der Waals surface area contributed by atoms with Crippen molar-refractivity contribution in [3.63, 3.8) is 0 Å². The zero-order chi connectivity index (χ0) is 21.1. The van der Waals surface area contributed by atoms with Crippen LogP contribution in [0.15, 0.2) is 65.8 Å². The summed E-state index contributed by atoms with van der Waals surface area (Å²) in [6.07, 6.45) is 1.53. The summed E-state index contributed by atoms with van der Waals surface area (Å²) in [5, 5.41) is 0.509. The van der Waals surface area contributed by atoms with Gasteiger partial charge in [-0.25, -0.2) is 18.4 Å². The van der Waals surface area contributed by atoms with E-state index in [1.54, 1.807) is 19.2 Å². The van der Waals surface area contributed by atoms with E-state index < -0.39 is 10.0 Å². The zero-order valence-electron chi connectivity index (χ0n) is 16.4. The minimum atomic E-state index is -3.54. The molecule has 9 heteroatoms. The van der Waals surface area contributed by atoms with E-state index in [1.807, 2.05) is 30.3 Å². The average molecular weight is 445 g/mol. The molecule has 1 aliphatic rings. The molecular formula is C21H21ClN4O3S. The van der Waals surface area contributed by atoms with Gasteiger partial charge in [0.05, 0.1) is 17.7 Å². The molecule has 1 aliphatic heterocycles. The van der Waals surface area contributed by atoms with Gasteiger partial charge >= 0.3 is 0 Å². The van der Waals surface area contributed by atoms with E-state index in [4.69, 9.17) is 16.3 Å². The van der Waals surface area contributed by atoms with Crippen molar-refractivity contribution in [2.45, 2.75) is 4.90 Å². The van der Waals surface area contributed by atoms with Gasteiger partial charge in [-0.15, -0.1) is 0 Å². The molecule has 7 nitrogen and oxygen atoms in total. The van der Waals surface area contributed by atoms with Crippen LogP contribution in [0, 0.1) is 0 Å². The Hall–Kier alpha value is -2.68. The van der Waals surface area contributed by atoms with E-state index in [2.05, 4.69) is 14.9 Å². The summed E-state index contributed by atoms with van der Waals surface area (Å²) in [7, 11) is -1.91. The maximum atomic E-state index is 12.9. The van der Waals surface area contributed by atoms with Gasteiger partial charge in [-0.1, -0.05) is 11.6 Å². The third-order valence-electron chi connectivity index (χ3n) is 5.05. The lowest BCUT2D eigenvalue weighted by molar-refractivity contribution is 0.384. The summed E-state index contributed by atoms with van der Waals surface area (Å²) in [5.41, 5.74) is 1.77. The maximum Gasteiger partial charge on any atom is 0.243 e. The number of nitrogens with zero attached hydrogens (tertiary/aromatic N) is 4. The van der Waals surface area contributed by atoms with Crippen LogP contribution in [0.4, 0.5) is 5.82 Å². The van der Waals surface area contributed by atoms with Gasteiger partial charge in [0.15, 0.2) is 0 Å². The number of methoxy groups -OCH3 is 1. The standard InChI is InChI=1S/C21H21ClN4O3S/c1-29-18-6-2-16(3-7-18)20-14-21(24-15-23-20)25-10-12-26(13-11-25)30(27,28)19-8-4-17(22)5-9-19/h2-9,14-15H,10-13H2,1H3. The first kappa shape index (κ1) is 20.6. The second-order valence-electron chi connectivity index (χ2n) is 6.84. The fourth-order valence-electron chi connectivity index (χ4n) is 3.35. The summed E-state index contributed by atoms with van der Waals surface area (Å²) >= 11 is 5.87. The molecule has 2 heterocycles. The summed E-state index contributed by atoms with van der Waals surface area (Å²) in [6, 6.07) is 15.8. The molecule has 1 fully saturated rings. The second-order valence-corrected chi connectivity index (χ2v) is 9.21. The summed E-state index contributed by atoms with van der Waals surface area (Å²) < 4.78 is 32.4. The molecule has 0 aliphatic carbocycles. The van der Waals surface area contributed by atoms with Gasteiger partial charge in [0.1, 0.15) is 17.9 Å². The Labute approximate surface area is 181 Å². The van der Waals surface area contributed by atoms with Crippen LogP contribution in [-0.4, -0.2) is 56.0 Å². The Balaban J connectivity index is 1.47. The minimum Gasteiger partial charge on any atom is -0.497 e. The molecule has 0 amide bonds. The molecule has 1 saturated heterocycles. The molecule has 0 atom stereocenters. The molecule has 156 valence electrons. The van der Waals surface area contributed by atoms with Crippen LogP contribution >= 0.6 is 11.6 Å². The molecule has 30 heavy (non-hydrogen) atoms. The van der Waals surface area contributed by atoms with Crippen LogP contribution in [0.2, 0.25) is 5.02 Å². The first-order valence-corrected chi connectivity index (χ1v) is 11.3. The van der Waals surface area contributed by atoms with Crippen LogP contribution in [0.3, 0.4) is 0 Å². The van der Waals surface area contributed by atoms with Gasteiger partial charge in [0.2, 0.25) is 10.0 Å². The molecule has 1 aromatic heterocycles. The van der Waals surface area contributed by atoms with Crippen molar-refractivity contribution in [1.82, 2.24) is 14.3 Å². The lowest BCUT2D eigenvalue weighted by Gasteiger charge is -2.34. The Morgan fingerprint density at radius 3 is 2.23 bits per heavy atom. The highest BCUT2D eigenvalue weighted by atomic mass is 35.5. The smallest absolute Gasteiger partial charge is 0.243 e. The van der Waals surface area contributed by atoms with Crippen LogP contribution in [-0.2, 0) is 10.0 Å². The van der Waals surface area contributed by atoms with Crippen molar-refractivity contribution in [2.24, 2.45) is 0 Å². The van der Waals surface area contributed by atoms with Crippen molar-refractivity contribution in [3.05, 3.63) is 65.9 Å². The van der Waals surface area contributed by atoms with Crippen molar-refractivity contribution in [1.29, 1.82) is 0 Å². The predicted molar refractivity (Wildman–Crippen MR) is 116 cm³/mol. The van der Waals surface area contributed by atoms with E-state index in [0.29, 0.717) is 31.2 Å². The predicted octanol–water partition coefficient (Wildman–Crippen LogP) is 3.32. The minimum absolute atomic E-state index is 0.254. The first-order valence-electron chi connectivity index (χ1n) is 9.44. The Bertz CT molecular complexity index is 1110. The number of piperazine rings is 1. The number of benzene rings is 2. The van der Waals surface area contributed by atoms with Gasteiger partial charge in [0, 0.05) is 42.8 Å². The molecule has 0 saturated carbocycles. The summed E-state index contributed by atoms with van der Waals surface area (Å²) in [6.45, 7) is 1.86. The van der Waals surface area contributed by atoms with E-state index in [0.717, 1.165) is 22.8 Å². The number of hydrogen-bond acceptors (Lipinski definition) is 6. The molecular weight excluding hydrogens is 424 g/mol.